The van der Waals surface area contributed by atoms with E-state index >= 15 is 0 Å². The summed E-state index contributed by atoms with van der Waals surface area (Å²) in [7, 11) is 0. The molecule has 0 saturated carbocycles. The van der Waals surface area contributed by atoms with Crippen molar-refractivity contribution in [3.05, 3.63) is 58.1 Å². The molecule has 0 atom stereocenters. The van der Waals surface area contributed by atoms with Crippen LogP contribution in [0.25, 0.3) is 0 Å². The summed E-state index contributed by atoms with van der Waals surface area (Å²) in [5.74, 6) is -2.25. The van der Waals surface area contributed by atoms with Gasteiger partial charge < -0.3 is 25.0 Å². The number of nitrogens with one attached hydrogen (secondary N) is 1. The quantitative estimate of drug-likeness (QED) is 0.686. The number of carboxylic acids is 2. The molecule has 0 aliphatic carbocycles. The number of aliphatic carboxylic acids is 2. The molecule has 3 rings (SSSR count). The molecule has 27 heavy (non-hydrogen) atoms. The average molecular weight is 394 g/mol. The second kappa shape index (κ2) is 9.80. The third-order valence-electron chi connectivity index (χ3n) is 3.62. The zero-order chi connectivity index (χ0) is 19.8. The Morgan fingerprint density at radius 1 is 1.00 bits per heavy atom. The predicted molar refractivity (Wildman–Crippen MR) is 99.4 cm³/mol. The number of rotatable bonds is 4. The van der Waals surface area contributed by atoms with Gasteiger partial charge in [0.25, 0.3) is 0 Å². The second-order valence-corrected chi connectivity index (χ2v) is 6.21. The lowest BCUT2D eigenvalue weighted by atomic mass is 10.1. The summed E-state index contributed by atoms with van der Waals surface area (Å²) in [5.41, 5.74) is 3.64. The molecule has 0 unspecified atom stereocenters. The van der Waals surface area contributed by atoms with Crippen LogP contribution in [0.3, 0.4) is 0 Å². The van der Waals surface area contributed by atoms with Crippen molar-refractivity contribution in [2.24, 2.45) is 0 Å². The molecule has 0 spiro atoms. The minimum Gasteiger partial charge on any atom is -0.486 e. The molecule has 2 aromatic carbocycles. The number of hydrogen-bond acceptors (Lipinski definition) is 5. The van der Waals surface area contributed by atoms with Crippen molar-refractivity contribution < 1.29 is 29.3 Å². The molecule has 144 valence electrons. The summed E-state index contributed by atoms with van der Waals surface area (Å²) in [6, 6.07) is 12.4. The Hall–Kier alpha value is -2.77. The molecule has 0 radical (unpaired) electrons. The number of carboxylic acid groups (broad SMARTS) is 2. The number of halogens is 1. The molecular formula is C19H20ClNO6. The highest BCUT2D eigenvalue weighted by molar-refractivity contribution is 6.32. The average Bonchev–Trinajstić information content (AvgIpc) is 2.64. The van der Waals surface area contributed by atoms with E-state index in [0.717, 1.165) is 24.4 Å². The van der Waals surface area contributed by atoms with Crippen LogP contribution >= 0.6 is 11.6 Å². The highest BCUT2D eigenvalue weighted by Crippen LogP contribution is 2.38. The molecule has 0 fully saturated rings. The molecule has 0 amide bonds. The Bertz CT molecular complexity index is 795. The fourth-order valence-corrected chi connectivity index (χ4v) is 2.61. The predicted octanol–water partition coefficient (Wildman–Crippen LogP) is 2.87. The monoisotopic (exact) mass is 393 g/mol. The van der Waals surface area contributed by atoms with E-state index in [4.69, 9.17) is 40.9 Å². The van der Waals surface area contributed by atoms with Gasteiger partial charge in [-0.1, -0.05) is 41.4 Å². The van der Waals surface area contributed by atoms with E-state index in [1.165, 1.54) is 11.1 Å². The highest BCUT2D eigenvalue weighted by Gasteiger charge is 2.16. The zero-order valence-corrected chi connectivity index (χ0v) is 15.5. The number of ether oxygens (including phenoxy) is 2. The van der Waals surface area contributed by atoms with Crippen LogP contribution in [-0.4, -0.2) is 35.4 Å². The first kappa shape index (κ1) is 20.5. The van der Waals surface area contributed by atoms with E-state index in [1.807, 2.05) is 12.1 Å². The maximum atomic E-state index is 9.10. The number of benzene rings is 2. The fraction of sp³-hybridized carbons (Fsp3) is 0.263. The largest absolute Gasteiger partial charge is 0.486 e. The number of carbonyl (C=O) groups is 2. The van der Waals surface area contributed by atoms with Gasteiger partial charge in [0.2, 0.25) is 0 Å². The summed E-state index contributed by atoms with van der Waals surface area (Å²) in [4.78, 5) is 18.2. The third kappa shape index (κ3) is 6.47. The van der Waals surface area contributed by atoms with Crippen LogP contribution in [0.2, 0.25) is 5.02 Å². The molecule has 0 saturated heterocycles. The first-order valence-electron chi connectivity index (χ1n) is 8.17. The standard InChI is InChI=1S/C17H18ClNO2.C2H2O4/c1-12-2-4-13(5-3-12)10-19-11-14-8-15(18)17-16(9-14)20-6-7-21-17;3-1(4)2(5)6/h2-5,8-9,19H,6-7,10-11H2,1H3;(H,3,4)(H,5,6). The van der Waals surface area contributed by atoms with Crippen LogP contribution in [0.1, 0.15) is 16.7 Å². The molecule has 1 aliphatic heterocycles. The van der Waals surface area contributed by atoms with E-state index in [0.29, 0.717) is 24.0 Å². The van der Waals surface area contributed by atoms with Gasteiger partial charge in [0, 0.05) is 13.1 Å². The Morgan fingerprint density at radius 3 is 2.22 bits per heavy atom. The van der Waals surface area contributed by atoms with Crippen LogP contribution in [0, 0.1) is 6.92 Å². The van der Waals surface area contributed by atoms with Gasteiger partial charge in [0.1, 0.15) is 13.2 Å². The Labute approximate surface area is 161 Å². The summed E-state index contributed by atoms with van der Waals surface area (Å²) < 4.78 is 11.1. The topological polar surface area (TPSA) is 105 Å². The summed E-state index contributed by atoms with van der Waals surface area (Å²) in [6.07, 6.45) is 0. The molecule has 0 bridgehead atoms. The Morgan fingerprint density at radius 2 is 1.59 bits per heavy atom. The van der Waals surface area contributed by atoms with Crippen molar-refractivity contribution in [1.29, 1.82) is 0 Å². The van der Waals surface area contributed by atoms with Gasteiger partial charge in [-0.15, -0.1) is 0 Å². The molecule has 1 heterocycles. The lowest BCUT2D eigenvalue weighted by molar-refractivity contribution is -0.159. The van der Waals surface area contributed by atoms with Crippen LogP contribution in [0.4, 0.5) is 0 Å². The van der Waals surface area contributed by atoms with Crippen LogP contribution in [-0.2, 0) is 22.7 Å². The Balaban J connectivity index is 0.000000380. The van der Waals surface area contributed by atoms with Gasteiger partial charge in [0.15, 0.2) is 11.5 Å². The third-order valence-corrected chi connectivity index (χ3v) is 3.90. The van der Waals surface area contributed by atoms with Gasteiger partial charge in [0.05, 0.1) is 5.02 Å². The lowest BCUT2D eigenvalue weighted by Crippen LogP contribution is -2.17. The van der Waals surface area contributed by atoms with Crippen molar-refractivity contribution in [1.82, 2.24) is 5.32 Å². The number of fused-ring (bicyclic) bond motifs is 1. The Kier molecular flexibility index (Phi) is 7.45. The SMILES string of the molecule is Cc1ccc(CNCc2cc(Cl)c3c(c2)OCCO3)cc1.O=C(O)C(=O)O. The van der Waals surface area contributed by atoms with Crippen molar-refractivity contribution in [3.8, 4) is 11.5 Å². The second-order valence-electron chi connectivity index (χ2n) is 5.80. The van der Waals surface area contributed by atoms with E-state index in [1.54, 1.807) is 0 Å². The molecule has 2 aromatic rings. The van der Waals surface area contributed by atoms with Crippen molar-refractivity contribution in [3.63, 3.8) is 0 Å². The highest BCUT2D eigenvalue weighted by atomic mass is 35.5. The normalized spacial score (nSPS) is 11.9. The van der Waals surface area contributed by atoms with Gasteiger partial charge in [-0.3, -0.25) is 0 Å². The first-order chi connectivity index (χ1) is 12.9. The number of hydrogen-bond donors (Lipinski definition) is 3. The molecule has 0 aromatic heterocycles. The van der Waals surface area contributed by atoms with Gasteiger partial charge in [-0.05, 0) is 30.2 Å². The molecule has 1 aliphatic rings. The van der Waals surface area contributed by atoms with Gasteiger partial charge in [-0.2, -0.15) is 0 Å². The maximum absolute atomic E-state index is 9.10. The van der Waals surface area contributed by atoms with E-state index in [9.17, 15) is 0 Å². The summed E-state index contributed by atoms with van der Waals surface area (Å²) >= 11 is 6.23. The van der Waals surface area contributed by atoms with Crippen LogP contribution in [0.5, 0.6) is 11.5 Å². The first-order valence-corrected chi connectivity index (χ1v) is 8.55. The zero-order valence-electron chi connectivity index (χ0n) is 14.7. The van der Waals surface area contributed by atoms with E-state index < -0.39 is 11.9 Å². The smallest absolute Gasteiger partial charge is 0.414 e. The minimum atomic E-state index is -1.82. The summed E-state index contributed by atoms with van der Waals surface area (Å²) in [5, 5.41) is 18.8. The van der Waals surface area contributed by atoms with E-state index in [-0.39, 0.29) is 0 Å². The minimum absolute atomic E-state index is 0.553. The fourth-order valence-electron chi connectivity index (χ4n) is 2.32. The summed E-state index contributed by atoms with van der Waals surface area (Å²) in [6.45, 7) is 4.78. The number of aryl methyl sites for hydroxylation is 1. The van der Waals surface area contributed by atoms with Crippen molar-refractivity contribution in [2.75, 3.05) is 13.2 Å². The van der Waals surface area contributed by atoms with Gasteiger partial charge >= 0.3 is 11.9 Å². The van der Waals surface area contributed by atoms with Crippen molar-refractivity contribution in [2.45, 2.75) is 20.0 Å². The van der Waals surface area contributed by atoms with E-state index in [2.05, 4.69) is 36.5 Å². The molecule has 3 N–H and O–H groups in total. The van der Waals surface area contributed by atoms with Crippen LogP contribution in [0.15, 0.2) is 36.4 Å². The molecule has 7 nitrogen and oxygen atoms in total. The van der Waals surface area contributed by atoms with Crippen LogP contribution < -0.4 is 14.8 Å². The maximum Gasteiger partial charge on any atom is 0.414 e. The molecule has 8 heteroatoms. The molecular weight excluding hydrogens is 374 g/mol. The van der Waals surface area contributed by atoms with Gasteiger partial charge in [-0.25, -0.2) is 9.59 Å². The lowest BCUT2D eigenvalue weighted by Gasteiger charge is -2.20. The van der Waals surface area contributed by atoms with Crippen molar-refractivity contribution >= 4 is 23.5 Å².